The Morgan fingerprint density at radius 3 is 2.48 bits per heavy atom. The Bertz CT molecular complexity index is 569. The van der Waals surface area contributed by atoms with Crippen molar-refractivity contribution in [2.45, 2.75) is 17.6 Å². The molecule has 8 heteroatoms. The molecule has 2 fully saturated rings. The first kappa shape index (κ1) is 16.4. The highest BCUT2D eigenvalue weighted by molar-refractivity contribution is 7.85. The van der Waals surface area contributed by atoms with Gasteiger partial charge in [-0.2, -0.15) is 0 Å². The Hall–Kier alpha value is -1.51. The molecule has 1 amide bonds. The monoisotopic (exact) mass is 338 g/mol. The summed E-state index contributed by atoms with van der Waals surface area (Å²) in [5, 5.41) is 0. The molecule has 1 atom stereocenters. The van der Waals surface area contributed by atoms with Crippen molar-refractivity contribution in [3.05, 3.63) is 24.4 Å². The van der Waals surface area contributed by atoms with Gasteiger partial charge in [0.2, 0.25) is 5.91 Å². The number of amides is 1. The van der Waals surface area contributed by atoms with Crippen LogP contribution in [-0.2, 0) is 20.5 Å². The van der Waals surface area contributed by atoms with Crippen LogP contribution < -0.4 is 10.6 Å². The van der Waals surface area contributed by atoms with Crippen LogP contribution in [0.5, 0.6) is 0 Å². The van der Waals surface area contributed by atoms with Gasteiger partial charge in [-0.3, -0.25) is 4.79 Å². The van der Waals surface area contributed by atoms with Gasteiger partial charge in [0.1, 0.15) is 21.6 Å². The molecule has 3 heterocycles. The number of pyridine rings is 1. The SMILES string of the molecule is NC(=O)C1(S(=O)N2CCN(c3ccccn3)CC2)CCOCC1. The molecular weight excluding hydrogens is 316 g/mol. The second-order valence-corrected chi connectivity index (χ2v) is 7.62. The Labute approximate surface area is 138 Å². The van der Waals surface area contributed by atoms with Gasteiger partial charge in [-0.05, 0) is 25.0 Å². The maximum atomic E-state index is 13.0. The van der Waals surface area contributed by atoms with Crippen LogP contribution in [0.25, 0.3) is 0 Å². The number of ether oxygens (including phenoxy) is 1. The average Bonchev–Trinajstić information content (AvgIpc) is 2.62. The summed E-state index contributed by atoms with van der Waals surface area (Å²) in [6.45, 7) is 3.57. The van der Waals surface area contributed by atoms with Crippen molar-refractivity contribution in [2.75, 3.05) is 44.3 Å². The van der Waals surface area contributed by atoms with Gasteiger partial charge in [-0.15, -0.1) is 0 Å². The van der Waals surface area contributed by atoms with E-state index in [1.165, 1.54) is 0 Å². The number of primary amides is 1. The molecule has 3 rings (SSSR count). The lowest BCUT2D eigenvalue weighted by Crippen LogP contribution is -2.58. The smallest absolute Gasteiger partial charge is 0.237 e. The molecule has 2 N–H and O–H groups in total. The van der Waals surface area contributed by atoms with Crippen LogP contribution in [0.4, 0.5) is 5.82 Å². The van der Waals surface area contributed by atoms with Crippen LogP contribution in [-0.4, -0.2) is 63.5 Å². The van der Waals surface area contributed by atoms with Crippen molar-refractivity contribution in [3.63, 3.8) is 0 Å². The number of hydrogen-bond acceptors (Lipinski definition) is 5. The first-order valence-electron chi connectivity index (χ1n) is 7.84. The lowest BCUT2D eigenvalue weighted by atomic mass is 9.98. The lowest BCUT2D eigenvalue weighted by molar-refractivity contribution is -0.122. The summed E-state index contributed by atoms with van der Waals surface area (Å²) in [5.74, 6) is 0.444. The molecule has 1 unspecified atom stereocenters. The van der Waals surface area contributed by atoms with Gasteiger partial charge in [0.05, 0.1) is 0 Å². The van der Waals surface area contributed by atoms with Crippen LogP contribution in [0.1, 0.15) is 12.8 Å². The predicted octanol–water partition coefficient (Wildman–Crippen LogP) is -0.0982. The van der Waals surface area contributed by atoms with Crippen molar-refractivity contribution >= 4 is 22.7 Å². The Kier molecular flexibility index (Phi) is 4.93. The van der Waals surface area contributed by atoms with E-state index >= 15 is 0 Å². The molecule has 1 aromatic heterocycles. The molecule has 126 valence electrons. The number of rotatable bonds is 4. The van der Waals surface area contributed by atoms with Gasteiger partial charge in [0, 0.05) is 45.6 Å². The minimum atomic E-state index is -1.42. The van der Waals surface area contributed by atoms with Gasteiger partial charge < -0.3 is 15.4 Å². The zero-order valence-corrected chi connectivity index (χ0v) is 13.8. The molecule has 0 radical (unpaired) electrons. The minimum absolute atomic E-state index is 0.426. The van der Waals surface area contributed by atoms with E-state index in [1.807, 2.05) is 22.5 Å². The molecular formula is C15H22N4O3S. The number of piperazine rings is 1. The molecule has 0 aromatic carbocycles. The molecule has 7 nitrogen and oxygen atoms in total. The van der Waals surface area contributed by atoms with Crippen molar-refractivity contribution < 1.29 is 13.7 Å². The second-order valence-electron chi connectivity index (χ2n) is 5.82. The fourth-order valence-corrected chi connectivity index (χ4v) is 4.76. The third-order valence-corrected chi connectivity index (χ3v) is 6.64. The summed E-state index contributed by atoms with van der Waals surface area (Å²) in [6, 6.07) is 5.81. The van der Waals surface area contributed by atoms with E-state index in [2.05, 4.69) is 9.88 Å². The topological polar surface area (TPSA) is 88.8 Å². The van der Waals surface area contributed by atoms with E-state index in [0.29, 0.717) is 39.1 Å². The van der Waals surface area contributed by atoms with Crippen molar-refractivity contribution in [3.8, 4) is 0 Å². The Morgan fingerprint density at radius 2 is 1.91 bits per heavy atom. The van der Waals surface area contributed by atoms with Crippen molar-refractivity contribution in [2.24, 2.45) is 5.73 Å². The van der Waals surface area contributed by atoms with E-state index in [0.717, 1.165) is 18.9 Å². The summed E-state index contributed by atoms with van der Waals surface area (Å²) in [6.07, 6.45) is 2.62. The van der Waals surface area contributed by atoms with Crippen LogP contribution >= 0.6 is 0 Å². The highest BCUT2D eigenvalue weighted by Crippen LogP contribution is 2.30. The predicted molar refractivity (Wildman–Crippen MR) is 88.1 cm³/mol. The number of anilines is 1. The summed E-state index contributed by atoms with van der Waals surface area (Å²) in [7, 11) is -1.42. The summed E-state index contributed by atoms with van der Waals surface area (Å²) < 4.78 is 19.2. The standard InChI is InChI=1S/C15H22N4O3S/c16-14(20)15(4-11-22-12-5-15)23(21)19-9-7-18(8-10-19)13-3-1-2-6-17-13/h1-3,6H,4-5,7-12H2,(H2,16,20). The average molecular weight is 338 g/mol. The Balaban J connectivity index is 1.67. The van der Waals surface area contributed by atoms with Crippen LogP contribution in [0.2, 0.25) is 0 Å². The number of aromatic nitrogens is 1. The van der Waals surface area contributed by atoms with E-state index in [-0.39, 0.29) is 0 Å². The number of nitrogens with zero attached hydrogens (tertiary/aromatic N) is 3. The largest absolute Gasteiger partial charge is 0.381 e. The zero-order valence-electron chi connectivity index (χ0n) is 13.0. The fourth-order valence-electron chi connectivity index (χ4n) is 3.08. The number of hydrogen-bond donors (Lipinski definition) is 1. The third kappa shape index (κ3) is 3.24. The van der Waals surface area contributed by atoms with Crippen molar-refractivity contribution in [1.29, 1.82) is 0 Å². The van der Waals surface area contributed by atoms with Gasteiger partial charge in [-0.1, -0.05) is 6.07 Å². The molecule has 0 saturated carbocycles. The maximum absolute atomic E-state index is 13.0. The highest BCUT2D eigenvalue weighted by Gasteiger charge is 2.47. The quantitative estimate of drug-likeness (QED) is 0.828. The summed E-state index contributed by atoms with van der Waals surface area (Å²) in [4.78, 5) is 18.5. The van der Waals surface area contributed by atoms with Gasteiger partial charge >= 0.3 is 0 Å². The minimum Gasteiger partial charge on any atom is -0.381 e. The first-order chi connectivity index (χ1) is 11.1. The molecule has 2 aliphatic heterocycles. The number of carbonyl (C=O) groups excluding carboxylic acids is 1. The molecule has 1 aromatic rings. The summed E-state index contributed by atoms with van der Waals surface area (Å²) in [5.41, 5.74) is 5.59. The first-order valence-corrected chi connectivity index (χ1v) is 8.95. The van der Waals surface area contributed by atoms with E-state index in [4.69, 9.17) is 10.5 Å². The zero-order chi connectivity index (χ0) is 16.3. The van der Waals surface area contributed by atoms with E-state index in [1.54, 1.807) is 6.20 Å². The third-order valence-electron chi connectivity index (χ3n) is 4.53. The highest BCUT2D eigenvalue weighted by atomic mass is 32.2. The molecule has 0 bridgehead atoms. The fraction of sp³-hybridized carbons (Fsp3) is 0.600. The van der Waals surface area contributed by atoms with Crippen molar-refractivity contribution in [1.82, 2.24) is 9.29 Å². The van der Waals surface area contributed by atoms with E-state index < -0.39 is 21.6 Å². The van der Waals surface area contributed by atoms with Gasteiger partial charge in [-0.25, -0.2) is 13.5 Å². The van der Waals surface area contributed by atoms with Crippen LogP contribution in [0, 0.1) is 0 Å². The maximum Gasteiger partial charge on any atom is 0.237 e. The lowest BCUT2D eigenvalue weighted by Gasteiger charge is -2.40. The number of nitrogens with two attached hydrogens (primary N) is 1. The normalized spacial score (nSPS) is 23.4. The van der Waals surface area contributed by atoms with Gasteiger partial charge in [0.15, 0.2) is 0 Å². The molecule has 2 saturated heterocycles. The Morgan fingerprint density at radius 1 is 1.22 bits per heavy atom. The van der Waals surface area contributed by atoms with Gasteiger partial charge in [0.25, 0.3) is 0 Å². The summed E-state index contributed by atoms with van der Waals surface area (Å²) >= 11 is 0. The molecule has 23 heavy (non-hydrogen) atoms. The van der Waals surface area contributed by atoms with E-state index in [9.17, 15) is 9.00 Å². The number of carbonyl (C=O) groups is 1. The molecule has 2 aliphatic rings. The van der Waals surface area contributed by atoms with Crippen LogP contribution in [0.3, 0.4) is 0 Å². The molecule has 0 spiro atoms. The van der Waals surface area contributed by atoms with Crippen LogP contribution in [0.15, 0.2) is 24.4 Å². The molecule has 0 aliphatic carbocycles. The second kappa shape index (κ2) is 6.94.